The van der Waals surface area contributed by atoms with Crippen molar-refractivity contribution in [2.75, 3.05) is 0 Å². The van der Waals surface area contributed by atoms with Gasteiger partial charge >= 0.3 is 0 Å². The Morgan fingerprint density at radius 2 is 2.24 bits per heavy atom. The average molecular weight is 392 g/mol. The molecule has 2 aromatic heterocycles. The van der Waals surface area contributed by atoms with Crippen molar-refractivity contribution in [3.8, 4) is 0 Å². The van der Waals surface area contributed by atoms with Crippen LogP contribution in [-0.4, -0.2) is 16.5 Å². The van der Waals surface area contributed by atoms with Crippen LogP contribution in [0.25, 0.3) is 10.9 Å². The Morgan fingerprint density at radius 3 is 2.97 bits per heavy atom. The van der Waals surface area contributed by atoms with Gasteiger partial charge in [0.05, 0.1) is 18.8 Å². The normalized spacial score (nSPS) is 18.7. The molecule has 0 aliphatic carbocycles. The Hall–Kier alpha value is -2.79. The number of carbonyl (C=O) groups excluding carboxylic acids is 1. The van der Waals surface area contributed by atoms with E-state index in [1.807, 2.05) is 18.2 Å². The fourth-order valence-electron chi connectivity index (χ4n) is 4.36. The molecule has 0 unspecified atom stereocenters. The molecule has 152 valence electrons. The Balaban J connectivity index is 1.67. The van der Waals surface area contributed by atoms with Gasteiger partial charge in [-0.3, -0.25) is 10.1 Å². The van der Waals surface area contributed by atoms with E-state index in [1.54, 1.807) is 6.26 Å². The molecule has 0 fully saturated rings. The van der Waals surface area contributed by atoms with Gasteiger partial charge < -0.3 is 14.3 Å². The van der Waals surface area contributed by atoms with Crippen LogP contribution >= 0.6 is 0 Å². The van der Waals surface area contributed by atoms with Crippen molar-refractivity contribution in [2.24, 2.45) is 5.92 Å². The summed E-state index contributed by atoms with van der Waals surface area (Å²) >= 11 is 0. The van der Waals surface area contributed by atoms with Crippen LogP contribution in [0.15, 0.2) is 59.9 Å². The van der Waals surface area contributed by atoms with Gasteiger partial charge in [-0.05, 0) is 48.1 Å². The molecule has 0 spiro atoms. The zero-order valence-corrected chi connectivity index (χ0v) is 17.2. The predicted molar refractivity (Wildman–Crippen MR) is 116 cm³/mol. The van der Waals surface area contributed by atoms with Crippen molar-refractivity contribution >= 4 is 16.8 Å². The van der Waals surface area contributed by atoms with E-state index in [-0.39, 0.29) is 18.0 Å². The first-order valence-electron chi connectivity index (χ1n) is 10.3. The second kappa shape index (κ2) is 8.29. The van der Waals surface area contributed by atoms with Crippen LogP contribution in [0.4, 0.5) is 0 Å². The average Bonchev–Trinajstić information content (AvgIpc) is 3.30. The lowest BCUT2D eigenvalue weighted by Crippen LogP contribution is -2.46. The van der Waals surface area contributed by atoms with Gasteiger partial charge in [0.1, 0.15) is 5.76 Å². The zero-order valence-electron chi connectivity index (χ0n) is 17.2. The Morgan fingerprint density at radius 1 is 1.38 bits per heavy atom. The van der Waals surface area contributed by atoms with Crippen LogP contribution in [0.1, 0.15) is 43.2 Å². The molecule has 5 heteroatoms. The molecule has 1 aliphatic heterocycles. The fourth-order valence-corrected chi connectivity index (χ4v) is 4.36. The van der Waals surface area contributed by atoms with Crippen molar-refractivity contribution in [1.82, 2.24) is 15.2 Å². The molecule has 1 aromatic carbocycles. The van der Waals surface area contributed by atoms with E-state index in [0.717, 1.165) is 18.7 Å². The van der Waals surface area contributed by atoms with Crippen molar-refractivity contribution < 1.29 is 9.21 Å². The highest BCUT2D eigenvalue weighted by Gasteiger charge is 2.30. The molecule has 0 bridgehead atoms. The molecule has 3 heterocycles. The third kappa shape index (κ3) is 4.01. The van der Waals surface area contributed by atoms with Gasteiger partial charge in [0, 0.05) is 29.7 Å². The minimum atomic E-state index is -0.288. The van der Waals surface area contributed by atoms with Gasteiger partial charge in [-0.2, -0.15) is 0 Å². The second-order valence-corrected chi connectivity index (χ2v) is 8.24. The minimum Gasteiger partial charge on any atom is -0.467 e. The summed E-state index contributed by atoms with van der Waals surface area (Å²) in [6.07, 6.45) is 7.37. The molecule has 0 saturated heterocycles. The van der Waals surface area contributed by atoms with Crippen molar-refractivity contribution in [3.63, 3.8) is 0 Å². The van der Waals surface area contributed by atoms with Crippen molar-refractivity contribution in [1.29, 1.82) is 0 Å². The lowest BCUT2D eigenvalue weighted by atomic mass is 9.94. The third-order valence-electron chi connectivity index (χ3n) is 5.59. The van der Waals surface area contributed by atoms with Gasteiger partial charge in [-0.25, -0.2) is 0 Å². The standard InChI is InChI=1S/C24H29N3O2/c1-4-10-27-15-17-13-21(24(28)25-14-18-7-6-11-29-18)26-20(12-16(2)3)19-8-5-9-22(27)23(17)19/h4-9,11,15-16,20-21,26H,1,10,12-14H2,2-3H3,(H,25,28)/t20-,21-/m0/s1. The first-order chi connectivity index (χ1) is 14.1. The molecule has 29 heavy (non-hydrogen) atoms. The summed E-state index contributed by atoms with van der Waals surface area (Å²) in [4.78, 5) is 13.0. The maximum atomic E-state index is 13.0. The summed E-state index contributed by atoms with van der Waals surface area (Å²) in [6.45, 7) is 9.51. The number of amides is 1. The van der Waals surface area contributed by atoms with E-state index in [9.17, 15) is 4.79 Å². The Kier molecular flexibility index (Phi) is 5.58. The lowest BCUT2D eigenvalue weighted by molar-refractivity contribution is -0.123. The van der Waals surface area contributed by atoms with E-state index in [0.29, 0.717) is 18.9 Å². The summed E-state index contributed by atoms with van der Waals surface area (Å²) in [6, 6.07) is 10.0. The number of nitrogens with zero attached hydrogens (tertiary/aromatic N) is 1. The molecule has 2 atom stereocenters. The molecule has 0 saturated carbocycles. The van der Waals surface area contributed by atoms with E-state index in [2.05, 4.69) is 60.0 Å². The Labute approximate surface area is 171 Å². The van der Waals surface area contributed by atoms with Gasteiger partial charge in [0.15, 0.2) is 0 Å². The molecular formula is C24H29N3O2. The molecule has 4 rings (SSSR count). The summed E-state index contributed by atoms with van der Waals surface area (Å²) in [5.74, 6) is 1.28. The van der Waals surface area contributed by atoms with Crippen LogP contribution in [0, 0.1) is 5.92 Å². The van der Waals surface area contributed by atoms with Crippen molar-refractivity contribution in [3.05, 3.63) is 72.3 Å². The summed E-state index contributed by atoms with van der Waals surface area (Å²) < 4.78 is 7.58. The van der Waals surface area contributed by atoms with Crippen LogP contribution < -0.4 is 10.6 Å². The minimum absolute atomic E-state index is 0.00702. The number of allylic oxidation sites excluding steroid dienone is 1. The lowest BCUT2D eigenvalue weighted by Gasteiger charge is -2.25. The number of benzene rings is 1. The number of hydrogen-bond acceptors (Lipinski definition) is 3. The van der Waals surface area contributed by atoms with Crippen LogP contribution in [0.5, 0.6) is 0 Å². The van der Waals surface area contributed by atoms with E-state index < -0.39 is 0 Å². The van der Waals surface area contributed by atoms with Crippen LogP contribution in [0.2, 0.25) is 0 Å². The number of nitrogens with one attached hydrogen (secondary N) is 2. The van der Waals surface area contributed by atoms with Crippen LogP contribution in [-0.2, 0) is 24.3 Å². The van der Waals surface area contributed by atoms with E-state index in [4.69, 9.17) is 4.42 Å². The third-order valence-corrected chi connectivity index (χ3v) is 5.59. The zero-order chi connectivity index (χ0) is 20.4. The monoisotopic (exact) mass is 391 g/mol. The Bertz CT molecular complexity index is 1000. The highest BCUT2D eigenvalue weighted by atomic mass is 16.3. The fraction of sp³-hybridized carbons (Fsp3) is 0.375. The summed E-state index contributed by atoms with van der Waals surface area (Å²) in [5.41, 5.74) is 3.72. The highest BCUT2D eigenvalue weighted by Crippen LogP contribution is 2.35. The molecule has 3 aromatic rings. The number of carbonyl (C=O) groups is 1. The first-order valence-corrected chi connectivity index (χ1v) is 10.3. The van der Waals surface area contributed by atoms with Gasteiger partial charge in [0.25, 0.3) is 0 Å². The SMILES string of the molecule is C=CCn1cc2c3c(cccc31)[C@H](CC(C)C)N[C@H](C(=O)NCc1ccco1)C2. The molecule has 0 radical (unpaired) electrons. The number of furan rings is 1. The number of rotatable bonds is 7. The maximum Gasteiger partial charge on any atom is 0.237 e. The predicted octanol–water partition coefficient (Wildman–Crippen LogP) is 4.34. The first kappa shape index (κ1) is 19.5. The van der Waals surface area contributed by atoms with Crippen molar-refractivity contribution in [2.45, 2.75) is 51.9 Å². The molecule has 2 N–H and O–H groups in total. The van der Waals surface area contributed by atoms with Crippen LogP contribution in [0.3, 0.4) is 0 Å². The smallest absolute Gasteiger partial charge is 0.237 e. The van der Waals surface area contributed by atoms with Gasteiger partial charge in [0.2, 0.25) is 5.91 Å². The second-order valence-electron chi connectivity index (χ2n) is 8.24. The summed E-state index contributed by atoms with van der Waals surface area (Å²) in [5, 5.41) is 7.96. The molecule has 1 amide bonds. The van der Waals surface area contributed by atoms with Gasteiger partial charge in [-0.15, -0.1) is 6.58 Å². The summed E-state index contributed by atoms with van der Waals surface area (Å²) in [7, 11) is 0. The highest BCUT2D eigenvalue weighted by molar-refractivity contribution is 5.90. The molecule has 5 nitrogen and oxygen atoms in total. The maximum absolute atomic E-state index is 13.0. The van der Waals surface area contributed by atoms with E-state index in [1.165, 1.54) is 22.0 Å². The largest absolute Gasteiger partial charge is 0.467 e. The number of hydrogen-bond donors (Lipinski definition) is 2. The molecular weight excluding hydrogens is 362 g/mol. The number of aromatic nitrogens is 1. The molecule has 1 aliphatic rings. The van der Waals surface area contributed by atoms with E-state index >= 15 is 0 Å². The quantitative estimate of drug-likeness (QED) is 0.589. The van der Waals surface area contributed by atoms with Gasteiger partial charge in [-0.1, -0.05) is 32.1 Å². The topological polar surface area (TPSA) is 59.2 Å².